The lowest BCUT2D eigenvalue weighted by Crippen LogP contribution is -2.15. The fourth-order valence-electron chi connectivity index (χ4n) is 2.03. The molecule has 96 valence electrons. The van der Waals surface area contributed by atoms with Gasteiger partial charge in [-0.1, -0.05) is 32.8 Å². The van der Waals surface area contributed by atoms with Crippen LogP contribution in [0, 0.1) is 11.7 Å². The van der Waals surface area contributed by atoms with Crippen LogP contribution >= 0.6 is 0 Å². The highest BCUT2D eigenvalue weighted by Crippen LogP contribution is 2.26. The first-order valence-corrected chi connectivity index (χ1v) is 6.21. The topological polar surface area (TPSA) is 35.2 Å². The Morgan fingerprint density at radius 3 is 2.41 bits per heavy atom. The molecular formula is C14H22FNO. The molecule has 17 heavy (non-hydrogen) atoms. The first-order valence-electron chi connectivity index (χ1n) is 6.21. The van der Waals surface area contributed by atoms with Crippen LogP contribution in [0.1, 0.15) is 44.7 Å². The van der Waals surface area contributed by atoms with Gasteiger partial charge in [-0.05, 0) is 30.0 Å². The Labute approximate surface area is 103 Å². The summed E-state index contributed by atoms with van der Waals surface area (Å²) in [5, 5.41) is 0. The molecule has 1 rings (SSSR count). The zero-order valence-corrected chi connectivity index (χ0v) is 10.9. The summed E-state index contributed by atoms with van der Waals surface area (Å²) in [6, 6.07) is 4.86. The minimum atomic E-state index is -0.343. The quantitative estimate of drug-likeness (QED) is 0.822. The zero-order valence-electron chi connectivity index (χ0n) is 10.9. The first kappa shape index (κ1) is 14.0. The Morgan fingerprint density at radius 1 is 1.29 bits per heavy atom. The van der Waals surface area contributed by atoms with E-state index in [9.17, 15) is 4.39 Å². The third-order valence-corrected chi connectivity index (χ3v) is 3.35. The van der Waals surface area contributed by atoms with E-state index in [2.05, 4.69) is 13.8 Å². The lowest BCUT2D eigenvalue weighted by Gasteiger charge is -2.19. The van der Waals surface area contributed by atoms with Crippen molar-refractivity contribution in [3.8, 4) is 5.75 Å². The second kappa shape index (κ2) is 6.60. The highest BCUT2D eigenvalue weighted by Gasteiger charge is 2.14. The fraction of sp³-hybridized carbons (Fsp3) is 0.571. The molecular weight excluding hydrogens is 217 g/mol. The molecule has 0 heterocycles. The summed E-state index contributed by atoms with van der Waals surface area (Å²) in [5.74, 6) is 0.531. The van der Waals surface area contributed by atoms with Gasteiger partial charge in [0.25, 0.3) is 0 Å². The smallest absolute Gasteiger partial charge is 0.165 e. The molecule has 1 aromatic rings. The normalized spacial score (nSPS) is 12.8. The number of hydrogen-bond donors (Lipinski definition) is 1. The molecule has 0 aliphatic rings. The van der Waals surface area contributed by atoms with Gasteiger partial charge in [-0.2, -0.15) is 0 Å². The number of hydrogen-bond acceptors (Lipinski definition) is 2. The average molecular weight is 239 g/mol. The SMILES string of the molecule is CCC(CC)CC(N)c1ccc(OC)c(F)c1. The summed E-state index contributed by atoms with van der Waals surface area (Å²) in [4.78, 5) is 0. The third kappa shape index (κ3) is 3.70. The van der Waals surface area contributed by atoms with Gasteiger partial charge in [-0.3, -0.25) is 0 Å². The molecule has 0 saturated carbocycles. The van der Waals surface area contributed by atoms with Gasteiger partial charge in [0.05, 0.1) is 7.11 Å². The van der Waals surface area contributed by atoms with E-state index in [0.29, 0.717) is 5.92 Å². The van der Waals surface area contributed by atoms with E-state index in [4.69, 9.17) is 10.5 Å². The van der Waals surface area contributed by atoms with Crippen molar-refractivity contribution in [2.24, 2.45) is 11.7 Å². The van der Waals surface area contributed by atoms with E-state index < -0.39 is 0 Å². The highest BCUT2D eigenvalue weighted by atomic mass is 19.1. The summed E-state index contributed by atoms with van der Waals surface area (Å²) in [7, 11) is 1.46. The molecule has 0 amide bonds. The van der Waals surface area contributed by atoms with E-state index >= 15 is 0 Å². The number of rotatable bonds is 6. The molecule has 0 bridgehead atoms. The van der Waals surface area contributed by atoms with Crippen LogP contribution < -0.4 is 10.5 Å². The molecule has 0 saturated heterocycles. The van der Waals surface area contributed by atoms with E-state index in [1.54, 1.807) is 6.07 Å². The van der Waals surface area contributed by atoms with Crippen molar-refractivity contribution in [3.63, 3.8) is 0 Å². The predicted molar refractivity (Wildman–Crippen MR) is 68.6 cm³/mol. The Morgan fingerprint density at radius 2 is 1.94 bits per heavy atom. The maximum atomic E-state index is 13.5. The van der Waals surface area contributed by atoms with E-state index in [0.717, 1.165) is 24.8 Å². The molecule has 0 fully saturated rings. The molecule has 0 radical (unpaired) electrons. The summed E-state index contributed by atoms with van der Waals surface area (Å²) in [6.07, 6.45) is 3.13. The number of benzene rings is 1. The number of methoxy groups -OCH3 is 1. The van der Waals surface area contributed by atoms with Gasteiger partial charge in [0.15, 0.2) is 11.6 Å². The van der Waals surface area contributed by atoms with Crippen LogP contribution in [0.2, 0.25) is 0 Å². The first-order chi connectivity index (χ1) is 8.12. The predicted octanol–water partition coefficient (Wildman–Crippen LogP) is 3.66. The lowest BCUT2D eigenvalue weighted by atomic mass is 9.91. The van der Waals surface area contributed by atoms with Crippen LogP contribution in [0.25, 0.3) is 0 Å². The van der Waals surface area contributed by atoms with E-state index in [1.165, 1.54) is 13.2 Å². The van der Waals surface area contributed by atoms with Crippen molar-refractivity contribution >= 4 is 0 Å². The molecule has 0 aliphatic heterocycles. The maximum Gasteiger partial charge on any atom is 0.165 e. The molecule has 1 atom stereocenters. The monoisotopic (exact) mass is 239 g/mol. The molecule has 0 aliphatic carbocycles. The Hall–Kier alpha value is -1.09. The van der Waals surface area contributed by atoms with Crippen molar-refractivity contribution in [2.75, 3.05) is 7.11 Å². The molecule has 2 nitrogen and oxygen atoms in total. The lowest BCUT2D eigenvalue weighted by molar-refractivity contribution is 0.384. The highest BCUT2D eigenvalue weighted by molar-refractivity contribution is 5.30. The van der Waals surface area contributed by atoms with Crippen molar-refractivity contribution in [1.29, 1.82) is 0 Å². The van der Waals surface area contributed by atoms with Gasteiger partial charge in [-0.25, -0.2) is 4.39 Å². The Balaban J connectivity index is 2.75. The molecule has 1 aromatic carbocycles. The third-order valence-electron chi connectivity index (χ3n) is 3.35. The van der Waals surface area contributed by atoms with Gasteiger partial charge in [0, 0.05) is 6.04 Å². The Bertz CT molecular complexity index is 350. The van der Waals surface area contributed by atoms with Crippen molar-refractivity contribution in [1.82, 2.24) is 0 Å². The van der Waals surface area contributed by atoms with Gasteiger partial charge in [0.1, 0.15) is 0 Å². The van der Waals surface area contributed by atoms with Gasteiger partial charge in [0.2, 0.25) is 0 Å². The molecule has 0 spiro atoms. The maximum absolute atomic E-state index is 13.5. The standard InChI is InChI=1S/C14H22FNO/c1-4-10(5-2)8-13(16)11-6-7-14(17-3)12(15)9-11/h6-7,9-10,13H,4-5,8,16H2,1-3H3. The van der Waals surface area contributed by atoms with Gasteiger partial charge >= 0.3 is 0 Å². The number of ether oxygens (including phenoxy) is 1. The summed E-state index contributed by atoms with van der Waals surface area (Å²) < 4.78 is 18.4. The summed E-state index contributed by atoms with van der Waals surface area (Å²) >= 11 is 0. The minimum absolute atomic E-state index is 0.0969. The van der Waals surface area contributed by atoms with Gasteiger partial charge < -0.3 is 10.5 Å². The number of nitrogens with two attached hydrogens (primary N) is 1. The minimum Gasteiger partial charge on any atom is -0.494 e. The van der Waals surface area contributed by atoms with E-state index in [1.807, 2.05) is 6.07 Å². The number of halogens is 1. The largest absolute Gasteiger partial charge is 0.494 e. The van der Waals surface area contributed by atoms with Gasteiger partial charge in [-0.15, -0.1) is 0 Å². The molecule has 2 N–H and O–H groups in total. The van der Waals surface area contributed by atoms with Crippen molar-refractivity contribution < 1.29 is 9.13 Å². The van der Waals surface area contributed by atoms with Crippen LogP contribution in [0.15, 0.2) is 18.2 Å². The zero-order chi connectivity index (χ0) is 12.8. The molecule has 3 heteroatoms. The average Bonchev–Trinajstić information content (AvgIpc) is 2.35. The second-order valence-electron chi connectivity index (χ2n) is 4.42. The van der Waals surface area contributed by atoms with Crippen LogP contribution in [0.4, 0.5) is 4.39 Å². The molecule has 1 unspecified atom stereocenters. The molecule has 0 aromatic heterocycles. The van der Waals surface area contributed by atoms with Crippen molar-refractivity contribution in [3.05, 3.63) is 29.6 Å². The van der Waals surface area contributed by atoms with Crippen LogP contribution in [0.5, 0.6) is 5.75 Å². The summed E-state index contributed by atoms with van der Waals surface area (Å²) in [5.41, 5.74) is 6.94. The fourth-order valence-corrected chi connectivity index (χ4v) is 2.03. The second-order valence-corrected chi connectivity index (χ2v) is 4.42. The Kier molecular flexibility index (Phi) is 5.42. The summed E-state index contributed by atoms with van der Waals surface area (Å²) in [6.45, 7) is 4.32. The van der Waals surface area contributed by atoms with Crippen LogP contribution in [-0.4, -0.2) is 7.11 Å². The van der Waals surface area contributed by atoms with E-state index in [-0.39, 0.29) is 17.6 Å². The van der Waals surface area contributed by atoms with Crippen LogP contribution in [0.3, 0.4) is 0 Å². The van der Waals surface area contributed by atoms with Crippen molar-refractivity contribution in [2.45, 2.75) is 39.2 Å². The van der Waals surface area contributed by atoms with Crippen LogP contribution in [-0.2, 0) is 0 Å².